The summed E-state index contributed by atoms with van der Waals surface area (Å²) in [5.41, 5.74) is -1.13. The first-order chi connectivity index (χ1) is 6.27. The second kappa shape index (κ2) is 5.65. The molecule has 0 amide bonds. The van der Waals surface area contributed by atoms with E-state index in [0.29, 0.717) is 13.0 Å². The quantitative estimate of drug-likeness (QED) is 0.472. The van der Waals surface area contributed by atoms with Gasteiger partial charge in [-0.3, -0.25) is 0 Å². The van der Waals surface area contributed by atoms with Crippen LogP contribution >= 0.6 is 0 Å². The van der Waals surface area contributed by atoms with E-state index in [4.69, 9.17) is 5.11 Å². The van der Waals surface area contributed by atoms with Crippen molar-refractivity contribution in [2.45, 2.75) is 18.9 Å². The Bertz CT molecular complexity index is 248. The number of aliphatic hydroxyl groups excluding tert-OH is 1. The highest BCUT2D eigenvalue weighted by Crippen LogP contribution is 1.98. The number of aliphatic hydroxyl groups is 2. The van der Waals surface area contributed by atoms with Crippen LogP contribution in [0.2, 0.25) is 0 Å². The molecular weight excluding hydrogens is 206 g/mol. The van der Waals surface area contributed by atoms with Gasteiger partial charge in [-0.25, -0.2) is 8.42 Å². The van der Waals surface area contributed by atoms with Crippen molar-refractivity contribution in [1.82, 2.24) is 5.32 Å². The molecule has 0 heterocycles. The van der Waals surface area contributed by atoms with Crippen molar-refractivity contribution in [2.24, 2.45) is 0 Å². The van der Waals surface area contributed by atoms with Gasteiger partial charge in [0.1, 0.15) is 9.84 Å². The first kappa shape index (κ1) is 13.8. The highest BCUT2D eigenvalue weighted by atomic mass is 32.2. The van der Waals surface area contributed by atoms with Crippen molar-refractivity contribution < 1.29 is 18.6 Å². The van der Waals surface area contributed by atoms with Gasteiger partial charge in [0.25, 0.3) is 0 Å². The van der Waals surface area contributed by atoms with Crippen LogP contribution in [-0.2, 0) is 9.84 Å². The van der Waals surface area contributed by atoms with Crippen LogP contribution in [0.1, 0.15) is 13.3 Å². The molecule has 0 bridgehead atoms. The molecule has 0 fully saturated rings. The molecule has 1 atom stereocenters. The molecule has 0 saturated carbocycles. The maximum Gasteiger partial charge on any atom is 0.147 e. The smallest absolute Gasteiger partial charge is 0.147 e. The summed E-state index contributed by atoms with van der Waals surface area (Å²) in [5, 5.41) is 20.9. The number of hydrogen-bond donors (Lipinski definition) is 3. The van der Waals surface area contributed by atoms with Gasteiger partial charge in [0.05, 0.1) is 18.0 Å². The largest absolute Gasteiger partial charge is 0.393 e. The van der Waals surface area contributed by atoms with Gasteiger partial charge in [-0.05, 0) is 19.9 Å². The van der Waals surface area contributed by atoms with E-state index >= 15 is 0 Å². The van der Waals surface area contributed by atoms with Crippen LogP contribution in [0, 0.1) is 0 Å². The van der Waals surface area contributed by atoms with Gasteiger partial charge in [-0.15, -0.1) is 0 Å². The van der Waals surface area contributed by atoms with Gasteiger partial charge in [0.2, 0.25) is 0 Å². The fraction of sp³-hybridized carbons (Fsp3) is 1.00. The van der Waals surface area contributed by atoms with Crippen LogP contribution in [0.25, 0.3) is 0 Å². The van der Waals surface area contributed by atoms with Gasteiger partial charge >= 0.3 is 0 Å². The average Bonchev–Trinajstić information content (AvgIpc) is 2.01. The SMILES string of the molecule is CC(O)(CO)CNCCCS(C)(=O)=O. The zero-order chi connectivity index (χ0) is 11.2. The summed E-state index contributed by atoms with van der Waals surface area (Å²) in [6, 6.07) is 0. The summed E-state index contributed by atoms with van der Waals surface area (Å²) in [5.74, 6) is 0.140. The lowest BCUT2D eigenvalue weighted by Gasteiger charge is -2.20. The van der Waals surface area contributed by atoms with Crippen LogP contribution < -0.4 is 5.32 Å². The first-order valence-corrected chi connectivity index (χ1v) is 6.54. The second-order valence-electron chi connectivity index (χ2n) is 3.82. The Morgan fingerprint density at radius 3 is 2.43 bits per heavy atom. The van der Waals surface area contributed by atoms with E-state index < -0.39 is 15.4 Å². The Morgan fingerprint density at radius 2 is 2.00 bits per heavy atom. The van der Waals surface area contributed by atoms with Crippen LogP contribution in [0.5, 0.6) is 0 Å². The van der Waals surface area contributed by atoms with Crippen LogP contribution in [0.15, 0.2) is 0 Å². The zero-order valence-corrected chi connectivity index (χ0v) is 9.47. The number of rotatable bonds is 7. The summed E-state index contributed by atoms with van der Waals surface area (Å²) >= 11 is 0. The van der Waals surface area contributed by atoms with E-state index in [1.54, 1.807) is 0 Å². The molecule has 0 aliphatic rings. The Hall–Kier alpha value is -0.170. The molecule has 0 aromatic carbocycles. The lowest BCUT2D eigenvalue weighted by molar-refractivity contribution is 0.00296. The summed E-state index contributed by atoms with van der Waals surface area (Å²) in [6.45, 7) is 1.97. The lowest BCUT2D eigenvalue weighted by atomic mass is 10.1. The molecule has 3 N–H and O–H groups in total. The number of sulfone groups is 1. The molecule has 14 heavy (non-hydrogen) atoms. The van der Waals surface area contributed by atoms with Crippen molar-refractivity contribution in [1.29, 1.82) is 0 Å². The molecule has 6 heteroatoms. The van der Waals surface area contributed by atoms with Crippen LogP contribution in [0.3, 0.4) is 0 Å². The van der Waals surface area contributed by atoms with Crippen molar-refractivity contribution >= 4 is 9.84 Å². The Morgan fingerprint density at radius 1 is 1.43 bits per heavy atom. The fourth-order valence-corrected chi connectivity index (χ4v) is 1.54. The minimum atomic E-state index is -2.90. The van der Waals surface area contributed by atoms with E-state index in [0.717, 1.165) is 0 Å². The maximum absolute atomic E-state index is 10.7. The van der Waals surface area contributed by atoms with Crippen molar-refractivity contribution in [3.63, 3.8) is 0 Å². The molecule has 0 spiro atoms. The van der Waals surface area contributed by atoms with Gasteiger partial charge in [0, 0.05) is 12.8 Å². The molecule has 0 aliphatic carbocycles. The van der Waals surface area contributed by atoms with E-state index in [1.807, 2.05) is 0 Å². The van der Waals surface area contributed by atoms with Crippen LogP contribution in [0.4, 0.5) is 0 Å². The maximum atomic E-state index is 10.7. The van der Waals surface area contributed by atoms with E-state index in [2.05, 4.69) is 5.32 Å². The molecule has 0 aliphatic heterocycles. The Kier molecular flexibility index (Phi) is 5.58. The fourth-order valence-electron chi connectivity index (χ4n) is 0.873. The average molecular weight is 225 g/mol. The summed E-state index contributed by atoms with van der Waals surface area (Å²) < 4.78 is 21.5. The molecule has 1 unspecified atom stereocenters. The first-order valence-electron chi connectivity index (χ1n) is 4.48. The minimum Gasteiger partial charge on any atom is -0.393 e. The molecule has 0 saturated heterocycles. The molecule has 86 valence electrons. The topological polar surface area (TPSA) is 86.6 Å². The monoisotopic (exact) mass is 225 g/mol. The molecule has 0 rings (SSSR count). The molecule has 5 nitrogen and oxygen atoms in total. The third-order valence-corrected chi connectivity index (χ3v) is 2.75. The third-order valence-electron chi connectivity index (χ3n) is 1.72. The predicted molar refractivity (Wildman–Crippen MR) is 54.9 cm³/mol. The Balaban J connectivity index is 3.49. The second-order valence-corrected chi connectivity index (χ2v) is 6.08. The summed E-state index contributed by atoms with van der Waals surface area (Å²) in [6.07, 6.45) is 1.71. The molecule has 0 aromatic rings. The van der Waals surface area contributed by atoms with Gasteiger partial charge in [-0.1, -0.05) is 0 Å². The van der Waals surface area contributed by atoms with E-state index in [-0.39, 0.29) is 18.9 Å². The molecule has 0 radical (unpaired) electrons. The standard InChI is InChI=1S/C8H19NO4S/c1-8(11,7-10)6-9-4-3-5-14(2,12)13/h9-11H,3-7H2,1-2H3. The number of hydrogen-bond acceptors (Lipinski definition) is 5. The summed E-state index contributed by atoms with van der Waals surface area (Å²) in [7, 11) is -2.90. The van der Waals surface area contributed by atoms with Crippen molar-refractivity contribution in [3.8, 4) is 0 Å². The minimum absolute atomic E-state index is 0.140. The predicted octanol–water partition coefficient (Wildman–Crippen LogP) is -1.25. The highest BCUT2D eigenvalue weighted by Gasteiger charge is 2.17. The number of nitrogens with one attached hydrogen (secondary N) is 1. The third kappa shape index (κ3) is 8.43. The van der Waals surface area contributed by atoms with Crippen LogP contribution in [-0.4, -0.2) is 55.9 Å². The molecular formula is C8H19NO4S. The van der Waals surface area contributed by atoms with Crippen molar-refractivity contribution in [2.75, 3.05) is 31.7 Å². The van der Waals surface area contributed by atoms with Gasteiger partial charge in [-0.2, -0.15) is 0 Å². The van der Waals surface area contributed by atoms with Gasteiger partial charge in [0.15, 0.2) is 0 Å². The molecule has 0 aromatic heterocycles. The normalized spacial score (nSPS) is 16.6. The van der Waals surface area contributed by atoms with E-state index in [9.17, 15) is 13.5 Å². The lowest BCUT2D eigenvalue weighted by Crippen LogP contribution is -2.41. The summed E-state index contributed by atoms with van der Waals surface area (Å²) in [4.78, 5) is 0. The highest BCUT2D eigenvalue weighted by molar-refractivity contribution is 7.90. The van der Waals surface area contributed by atoms with E-state index in [1.165, 1.54) is 13.2 Å². The van der Waals surface area contributed by atoms with Crippen molar-refractivity contribution in [3.05, 3.63) is 0 Å². The zero-order valence-electron chi connectivity index (χ0n) is 8.65. The Labute approximate surface area is 85.1 Å². The van der Waals surface area contributed by atoms with Gasteiger partial charge < -0.3 is 15.5 Å².